The van der Waals surface area contributed by atoms with Crippen LogP contribution in [0.2, 0.25) is 0 Å². The van der Waals surface area contributed by atoms with E-state index < -0.39 is 5.97 Å². The molecule has 0 unspecified atom stereocenters. The normalized spacial score (nSPS) is 12.7. The zero-order chi connectivity index (χ0) is 17.7. The highest BCUT2D eigenvalue weighted by molar-refractivity contribution is 5.66. The van der Waals surface area contributed by atoms with Gasteiger partial charge in [0.25, 0.3) is 0 Å². The maximum absolute atomic E-state index is 10.4. The molecule has 0 spiro atoms. The van der Waals surface area contributed by atoms with Gasteiger partial charge in [0.2, 0.25) is 0 Å². The summed E-state index contributed by atoms with van der Waals surface area (Å²) in [5.74, 6) is -0.686. The van der Waals surface area contributed by atoms with Gasteiger partial charge in [-0.05, 0) is 44.9 Å². The third-order valence-electron chi connectivity index (χ3n) is 3.45. The van der Waals surface area contributed by atoms with Crippen molar-refractivity contribution in [2.45, 2.75) is 71.1 Å². The first kappa shape index (κ1) is 22.2. The Morgan fingerprint density at radius 2 is 1.25 bits per heavy atom. The van der Waals surface area contributed by atoms with E-state index >= 15 is 0 Å². The fourth-order valence-corrected chi connectivity index (χ4v) is 2.11. The molecule has 0 atom stereocenters. The largest absolute Gasteiger partial charge is 0.481 e. The molecule has 0 amide bonds. The van der Waals surface area contributed by atoms with Crippen LogP contribution in [0.1, 0.15) is 71.1 Å². The fraction of sp³-hybridized carbons (Fsp3) is 0.500. The highest BCUT2D eigenvalue weighted by atomic mass is 16.4. The molecule has 24 heavy (non-hydrogen) atoms. The van der Waals surface area contributed by atoms with Gasteiger partial charge < -0.3 is 5.11 Å². The summed E-state index contributed by atoms with van der Waals surface area (Å²) < 4.78 is 0. The Bertz CT molecular complexity index is 425. The van der Waals surface area contributed by atoms with E-state index in [-0.39, 0.29) is 0 Å². The molecule has 0 aromatic heterocycles. The van der Waals surface area contributed by atoms with Crippen LogP contribution in [0.3, 0.4) is 0 Å². The van der Waals surface area contributed by atoms with E-state index in [2.05, 4.69) is 67.7 Å². The minimum absolute atomic E-state index is 0.303. The summed E-state index contributed by atoms with van der Waals surface area (Å²) >= 11 is 0. The highest BCUT2D eigenvalue weighted by Crippen LogP contribution is 2.06. The smallest absolute Gasteiger partial charge is 0.303 e. The summed E-state index contributed by atoms with van der Waals surface area (Å²) in [4.78, 5) is 10.4. The number of unbranched alkanes of at least 4 members (excludes halogenated alkanes) is 4. The zero-order valence-corrected chi connectivity index (χ0v) is 15.2. The average molecular weight is 331 g/mol. The Morgan fingerprint density at radius 1 is 0.708 bits per heavy atom. The van der Waals surface area contributed by atoms with Crippen molar-refractivity contribution in [2.75, 3.05) is 0 Å². The van der Waals surface area contributed by atoms with Gasteiger partial charge in [-0.2, -0.15) is 0 Å². The molecule has 2 heteroatoms. The molecule has 0 heterocycles. The number of hydrogen-bond acceptors (Lipinski definition) is 1. The van der Waals surface area contributed by atoms with Gasteiger partial charge in [0.05, 0.1) is 0 Å². The van der Waals surface area contributed by atoms with Crippen molar-refractivity contribution in [3.8, 4) is 0 Å². The average Bonchev–Trinajstić information content (AvgIpc) is 2.56. The predicted octanol–water partition coefficient (Wildman–Crippen LogP) is 6.77. The summed E-state index contributed by atoms with van der Waals surface area (Å²) in [5.41, 5.74) is 0. The van der Waals surface area contributed by atoms with Gasteiger partial charge in [-0.25, -0.2) is 0 Å². The number of carbonyl (C=O) groups is 1. The molecule has 134 valence electrons. The Balaban J connectivity index is 3.43. The molecule has 0 radical (unpaired) electrons. The van der Waals surface area contributed by atoms with Crippen molar-refractivity contribution in [3.63, 3.8) is 0 Å². The summed E-state index contributed by atoms with van der Waals surface area (Å²) in [6.45, 7) is 2.15. The Labute approximate surface area is 148 Å². The first-order valence-corrected chi connectivity index (χ1v) is 9.25. The van der Waals surface area contributed by atoms with Crippen LogP contribution in [0.5, 0.6) is 0 Å². The van der Waals surface area contributed by atoms with Crippen molar-refractivity contribution in [2.24, 2.45) is 0 Å². The van der Waals surface area contributed by atoms with E-state index in [1.54, 1.807) is 0 Å². The third-order valence-corrected chi connectivity index (χ3v) is 3.45. The number of carboxylic acid groups (broad SMARTS) is 1. The van der Waals surface area contributed by atoms with Crippen LogP contribution in [0, 0.1) is 0 Å². The van der Waals surface area contributed by atoms with Crippen LogP contribution in [0.15, 0.2) is 60.8 Å². The molecule has 0 rings (SSSR count). The first-order chi connectivity index (χ1) is 11.8. The lowest BCUT2D eigenvalue weighted by Gasteiger charge is -1.96. The second kappa shape index (κ2) is 19.2. The monoisotopic (exact) mass is 330 g/mol. The van der Waals surface area contributed by atoms with Gasteiger partial charge in [0, 0.05) is 6.42 Å². The van der Waals surface area contributed by atoms with Gasteiger partial charge in [0.1, 0.15) is 0 Å². The fourth-order valence-electron chi connectivity index (χ4n) is 2.11. The number of hydrogen-bond donors (Lipinski definition) is 1. The molecule has 0 bridgehead atoms. The van der Waals surface area contributed by atoms with Crippen LogP contribution in [0.25, 0.3) is 0 Å². The van der Waals surface area contributed by atoms with E-state index in [1.165, 1.54) is 0 Å². The molecule has 2 nitrogen and oxygen atoms in total. The van der Waals surface area contributed by atoms with Crippen molar-refractivity contribution >= 4 is 5.97 Å². The van der Waals surface area contributed by atoms with E-state index in [1.807, 2.05) is 0 Å². The number of aliphatic carboxylic acids is 1. The maximum Gasteiger partial charge on any atom is 0.303 e. The second-order valence-corrected chi connectivity index (χ2v) is 5.73. The van der Waals surface area contributed by atoms with Gasteiger partial charge in [-0.3, -0.25) is 4.79 Å². The molecule has 1 N–H and O–H groups in total. The number of allylic oxidation sites excluding steroid dienone is 10. The molecule has 0 saturated carbocycles. The molecule has 0 fully saturated rings. The van der Waals surface area contributed by atoms with Crippen LogP contribution in [-0.2, 0) is 4.79 Å². The third kappa shape index (κ3) is 20.2. The van der Waals surface area contributed by atoms with Gasteiger partial charge in [-0.1, -0.05) is 80.5 Å². The molecule has 0 aromatic rings. The molecule has 0 aliphatic heterocycles. The quantitative estimate of drug-likeness (QED) is 0.204. The molecule has 0 aliphatic carbocycles. The lowest BCUT2D eigenvalue weighted by molar-refractivity contribution is -0.137. The van der Waals surface area contributed by atoms with Gasteiger partial charge in [0.15, 0.2) is 0 Å². The van der Waals surface area contributed by atoms with E-state index in [0.29, 0.717) is 6.42 Å². The van der Waals surface area contributed by atoms with Crippen molar-refractivity contribution in [1.29, 1.82) is 0 Å². The predicted molar refractivity (Wildman–Crippen MR) is 105 cm³/mol. The van der Waals surface area contributed by atoms with Crippen molar-refractivity contribution in [1.82, 2.24) is 0 Å². The van der Waals surface area contributed by atoms with Crippen LogP contribution < -0.4 is 0 Å². The van der Waals surface area contributed by atoms with E-state index in [4.69, 9.17) is 5.11 Å². The molecule has 0 aliphatic rings. The lowest BCUT2D eigenvalue weighted by Crippen LogP contribution is -1.93. The maximum atomic E-state index is 10.4. The van der Waals surface area contributed by atoms with Gasteiger partial charge >= 0.3 is 5.97 Å². The highest BCUT2D eigenvalue weighted by Gasteiger charge is 1.95. The van der Waals surface area contributed by atoms with Crippen molar-refractivity contribution in [3.05, 3.63) is 60.8 Å². The van der Waals surface area contributed by atoms with E-state index in [0.717, 1.165) is 57.8 Å². The molecular formula is C22H34O2. The standard InChI is InChI=1S/C22H34O2/c1-2-3-4-5-6-7-8-9-10-11-12-13-14-15-16-17-18-19-20-21-22(23)24/h3-4,6-7,9-10,12-15H,2,5,8,11,16-21H2,1H3,(H,23,24). The Hall–Kier alpha value is -1.83. The minimum Gasteiger partial charge on any atom is -0.481 e. The molecule has 0 saturated heterocycles. The molecular weight excluding hydrogens is 296 g/mol. The number of rotatable bonds is 15. The van der Waals surface area contributed by atoms with E-state index in [9.17, 15) is 4.79 Å². The zero-order valence-electron chi connectivity index (χ0n) is 15.2. The summed E-state index contributed by atoms with van der Waals surface area (Å²) in [7, 11) is 0. The second-order valence-electron chi connectivity index (χ2n) is 5.73. The van der Waals surface area contributed by atoms with Crippen LogP contribution in [-0.4, -0.2) is 11.1 Å². The first-order valence-electron chi connectivity index (χ1n) is 9.25. The van der Waals surface area contributed by atoms with Gasteiger partial charge in [-0.15, -0.1) is 0 Å². The summed E-state index contributed by atoms with van der Waals surface area (Å²) in [6.07, 6.45) is 31.3. The van der Waals surface area contributed by atoms with Crippen LogP contribution >= 0.6 is 0 Å². The Morgan fingerprint density at radius 3 is 1.88 bits per heavy atom. The topological polar surface area (TPSA) is 37.3 Å². The Kier molecular flexibility index (Phi) is 17.8. The minimum atomic E-state index is -0.686. The lowest BCUT2D eigenvalue weighted by atomic mass is 10.1. The summed E-state index contributed by atoms with van der Waals surface area (Å²) in [5, 5.41) is 8.53. The summed E-state index contributed by atoms with van der Waals surface area (Å²) in [6, 6.07) is 0. The number of carboxylic acids is 1. The SMILES string of the molecule is CCC=CCC=CCC=CCC=CC=CCCCCCCC(=O)O. The molecule has 0 aromatic carbocycles. The van der Waals surface area contributed by atoms with Crippen LogP contribution in [0.4, 0.5) is 0 Å². The van der Waals surface area contributed by atoms with Crippen molar-refractivity contribution < 1.29 is 9.90 Å².